The summed E-state index contributed by atoms with van der Waals surface area (Å²) in [5, 5.41) is 18.1. The number of aromatic nitrogens is 1. The minimum absolute atomic E-state index is 0.358. The van der Waals surface area contributed by atoms with Crippen molar-refractivity contribution in [2.45, 2.75) is 35.2 Å². The lowest BCUT2D eigenvalue weighted by Gasteiger charge is -2.32. The van der Waals surface area contributed by atoms with Gasteiger partial charge in [-0.05, 0) is 58.7 Å². The number of hydrogen-bond acceptors (Lipinski definition) is 9. The summed E-state index contributed by atoms with van der Waals surface area (Å²) in [5.41, 5.74) is 4.78. The Balaban J connectivity index is 1.32. The third-order valence-electron chi connectivity index (χ3n) is 8.65. The summed E-state index contributed by atoms with van der Waals surface area (Å²) in [5.74, 6) is -0.552. The van der Waals surface area contributed by atoms with Crippen molar-refractivity contribution >= 4 is 67.4 Å². The molecule has 0 N–H and O–H groups in total. The fourth-order valence-electron chi connectivity index (χ4n) is 6.54. The van der Waals surface area contributed by atoms with E-state index in [4.69, 9.17) is 0 Å². The molecule has 1 unspecified atom stereocenters. The Labute approximate surface area is 293 Å². The predicted molar refractivity (Wildman–Crippen MR) is 191 cm³/mol. The maximum absolute atomic E-state index is 12.5. The standard InChI is InChI=1S/C38H32N2O6S3/c41-45-46-48-36-18-7-3-12-29(36)22-23-39-31(21-20-28-11-2-5-16-34(28)39)25-38-40(35-17-6-8-19-37(35)47-38)32(26-49(42,43)44)24-30-14-9-13-27-10-1-4-15-33(27)30/h1-21,25,32H,22-24,26H2,(H-,41,42,43,44)/p-1. The van der Waals surface area contributed by atoms with Crippen LogP contribution in [-0.2, 0) is 38.9 Å². The van der Waals surface area contributed by atoms with Crippen LogP contribution in [0.3, 0.4) is 0 Å². The summed E-state index contributed by atoms with van der Waals surface area (Å²) >= 11 is 2.44. The van der Waals surface area contributed by atoms with Gasteiger partial charge in [-0.15, -0.1) is 0 Å². The van der Waals surface area contributed by atoms with Crippen LogP contribution in [0.5, 0.6) is 0 Å². The number of anilines is 1. The van der Waals surface area contributed by atoms with Crippen molar-refractivity contribution in [1.29, 1.82) is 0 Å². The molecule has 5 aromatic carbocycles. The number of thioether (sulfide) groups is 1. The molecule has 0 amide bonds. The van der Waals surface area contributed by atoms with E-state index in [2.05, 4.69) is 44.3 Å². The SMILES string of the molecule is O=S(=O)([O-])CC(Cc1cccc2ccccc12)N1C(=Cc2ccc3ccccc3[n+]2CCc2ccccc2SOO[O-])Sc2ccccc21. The van der Waals surface area contributed by atoms with Gasteiger partial charge in [0.15, 0.2) is 6.54 Å². The maximum Gasteiger partial charge on any atom is 0.212 e. The lowest BCUT2D eigenvalue weighted by atomic mass is 9.98. The van der Waals surface area contributed by atoms with Gasteiger partial charge in [-0.2, -0.15) is 8.90 Å². The summed E-state index contributed by atoms with van der Waals surface area (Å²) in [6.07, 6.45) is 3.07. The van der Waals surface area contributed by atoms with E-state index in [9.17, 15) is 18.2 Å². The van der Waals surface area contributed by atoms with E-state index in [1.807, 2.05) is 108 Å². The van der Waals surface area contributed by atoms with Crippen LogP contribution in [0, 0.1) is 0 Å². The molecule has 2 heterocycles. The molecule has 11 heteroatoms. The number of benzene rings is 5. The molecule has 0 fully saturated rings. The fourth-order valence-corrected chi connectivity index (χ4v) is 8.96. The molecular weight excluding hydrogens is 677 g/mol. The van der Waals surface area contributed by atoms with Crippen molar-refractivity contribution in [3.05, 3.63) is 149 Å². The number of hydrogen-bond donors (Lipinski definition) is 0. The maximum atomic E-state index is 12.5. The van der Waals surface area contributed by atoms with Crippen molar-refractivity contribution in [2.75, 3.05) is 10.7 Å². The second-order valence-corrected chi connectivity index (χ2v) is 14.9. The molecule has 8 nitrogen and oxygen atoms in total. The van der Waals surface area contributed by atoms with Crippen molar-refractivity contribution in [1.82, 2.24) is 0 Å². The van der Waals surface area contributed by atoms with Gasteiger partial charge in [-0.25, -0.2) is 8.42 Å². The molecule has 0 spiro atoms. The summed E-state index contributed by atoms with van der Waals surface area (Å²) in [7, 11) is -4.59. The molecule has 0 bridgehead atoms. The van der Waals surface area contributed by atoms with Crippen LogP contribution in [0.25, 0.3) is 27.8 Å². The smallest absolute Gasteiger partial charge is 0.212 e. The highest BCUT2D eigenvalue weighted by atomic mass is 32.2. The molecule has 0 aliphatic carbocycles. The van der Waals surface area contributed by atoms with E-state index in [0.29, 0.717) is 19.4 Å². The zero-order chi connectivity index (χ0) is 33.8. The first-order valence-corrected chi connectivity index (χ1v) is 18.8. The molecule has 0 radical (unpaired) electrons. The van der Waals surface area contributed by atoms with Crippen LogP contribution < -0.4 is 14.7 Å². The monoisotopic (exact) mass is 707 g/mol. The summed E-state index contributed by atoms with van der Waals surface area (Å²) in [6, 6.07) is 41.2. The number of nitrogens with zero attached hydrogens (tertiary/aromatic N) is 2. The predicted octanol–water partition coefficient (Wildman–Crippen LogP) is 6.82. The van der Waals surface area contributed by atoms with E-state index in [-0.39, 0.29) is 0 Å². The molecule has 1 aliphatic rings. The topological polar surface area (TPSA) is 106 Å². The van der Waals surface area contributed by atoms with Crippen molar-refractivity contribution in [2.24, 2.45) is 0 Å². The molecule has 7 rings (SSSR count). The molecule has 0 saturated carbocycles. The number of pyridine rings is 1. The normalized spacial score (nSPS) is 14.5. The van der Waals surface area contributed by atoms with Gasteiger partial charge < -0.3 is 14.7 Å². The Bertz CT molecular complexity index is 2270. The van der Waals surface area contributed by atoms with Crippen molar-refractivity contribution in [3.63, 3.8) is 0 Å². The van der Waals surface area contributed by atoms with Gasteiger partial charge >= 0.3 is 0 Å². The van der Waals surface area contributed by atoms with Crippen molar-refractivity contribution < 1.29 is 32.2 Å². The Morgan fingerprint density at radius 1 is 0.816 bits per heavy atom. The number of para-hydroxylation sites is 2. The highest BCUT2D eigenvalue weighted by Crippen LogP contribution is 2.48. The zero-order valence-electron chi connectivity index (χ0n) is 26.2. The number of rotatable bonds is 12. The third-order valence-corrected chi connectivity index (χ3v) is 11.2. The minimum Gasteiger partial charge on any atom is -0.748 e. The molecule has 1 aromatic heterocycles. The summed E-state index contributed by atoms with van der Waals surface area (Å²) in [4.78, 5) is 3.80. The number of fused-ring (bicyclic) bond motifs is 3. The average molecular weight is 708 g/mol. The lowest BCUT2D eigenvalue weighted by Crippen LogP contribution is -2.41. The third kappa shape index (κ3) is 7.53. The molecule has 49 heavy (non-hydrogen) atoms. The molecule has 1 aliphatic heterocycles. The largest absolute Gasteiger partial charge is 0.748 e. The minimum atomic E-state index is -4.59. The van der Waals surface area contributed by atoms with Crippen LogP contribution >= 0.6 is 23.8 Å². The Morgan fingerprint density at radius 2 is 1.53 bits per heavy atom. The Morgan fingerprint density at radius 3 is 2.39 bits per heavy atom. The van der Waals surface area contributed by atoms with Gasteiger partial charge in [-0.1, -0.05) is 96.7 Å². The van der Waals surface area contributed by atoms with Gasteiger partial charge in [0, 0.05) is 39.8 Å². The van der Waals surface area contributed by atoms with E-state index < -0.39 is 21.9 Å². The fraction of sp³-hybridized carbons (Fsp3) is 0.132. The quantitative estimate of drug-likeness (QED) is 0.0446. The van der Waals surface area contributed by atoms with E-state index >= 15 is 0 Å². The summed E-state index contributed by atoms with van der Waals surface area (Å²) in [6.45, 7) is 0.599. The van der Waals surface area contributed by atoms with Gasteiger partial charge in [0.2, 0.25) is 11.2 Å². The highest BCUT2D eigenvalue weighted by Gasteiger charge is 2.33. The second kappa shape index (κ2) is 14.7. The first-order chi connectivity index (χ1) is 23.9. The molecular formula is C38H31N2O6S3-. The van der Waals surface area contributed by atoms with Crippen LogP contribution in [0.1, 0.15) is 16.8 Å². The van der Waals surface area contributed by atoms with Crippen LogP contribution in [-0.4, -0.2) is 24.8 Å². The van der Waals surface area contributed by atoms with Crippen molar-refractivity contribution in [3.8, 4) is 0 Å². The van der Waals surface area contributed by atoms with Crippen LogP contribution in [0.2, 0.25) is 0 Å². The molecule has 248 valence electrons. The first-order valence-electron chi connectivity index (χ1n) is 15.7. The van der Waals surface area contributed by atoms with E-state index in [1.165, 1.54) is 0 Å². The molecule has 6 aromatic rings. The van der Waals surface area contributed by atoms with Crippen LogP contribution in [0.4, 0.5) is 5.69 Å². The Kier molecular flexibility index (Phi) is 10.0. The summed E-state index contributed by atoms with van der Waals surface area (Å²) < 4.78 is 44.4. The number of aryl methyl sites for hydroxylation is 2. The van der Waals surface area contributed by atoms with Gasteiger partial charge in [0.1, 0.15) is 0 Å². The average Bonchev–Trinajstić information content (AvgIpc) is 3.47. The first kappa shape index (κ1) is 33.3. The Hall–Kier alpha value is -4.20. The van der Waals surface area contributed by atoms with E-state index in [0.717, 1.165) is 71.0 Å². The second-order valence-electron chi connectivity index (χ2n) is 11.7. The van der Waals surface area contributed by atoms with Gasteiger partial charge in [0.25, 0.3) is 0 Å². The highest BCUT2D eigenvalue weighted by molar-refractivity contribution is 8.04. The van der Waals surface area contributed by atoms with Crippen LogP contribution in [0.15, 0.2) is 142 Å². The molecule has 0 saturated heterocycles. The van der Waals surface area contributed by atoms with Gasteiger partial charge in [0.05, 0.1) is 44.7 Å². The van der Waals surface area contributed by atoms with Gasteiger partial charge in [-0.3, -0.25) is 5.04 Å². The zero-order valence-corrected chi connectivity index (χ0v) is 28.6. The van der Waals surface area contributed by atoms with E-state index in [1.54, 1.807) is 11.8 Å². The lowest BCUT2D eigenvalue weighted by molar-refractivity contribution is -0.777. The molecule has 1 atom stereocenters.